The number of hydrogen-bond donors (Lipinski definition) is 1. The fourth-order valence-electron chi connectivity index (χ4n) is 2.24. The lowest BCUT2D eigenvalue weighted by atomic mass is 9.95. The Kier molecular flexibility index (Phi) is 5.07. The van der Waals surface area contributed by atoms with Crippen LogP contribution in [0.3, 0.4) is 0 Å². The zero-order valence-electron chi connectivity index (χ0n) is 12.2. The van der Waals surface area contributed by atoms with Crippen LogP contribution >= 0.6 is 0 Å². The van der Waals surface area contributed by atoms with Crippen molar-refractivity contribution in [3.63, 3.8) is 0 Å². The van der Waals surface area contributed by atoms with Gasteiger partial charge in [0, 0.05) is 5.56 Å². The first-order valence-corrected chi connectivity index (χ1v) is 6.46. The fourth-order valence-corrected chi connectivity index (χ4v) is 2.24. The van der Waals surface area contributed by atoms with Gasteiger partial charge in [0.15, 0.2) is 0 Å². The monoisotopic (exact) mass is 280 g/mol. The number of aryl methyl sites for hydroxylation is 1. The highest BCUT2D eigenvalue weighted by Crippen LogP contribution is 2.31. The van der Waals surface area contributed by atoms with Crippen LogP contribution in [0.1, 0.15) is 32.3 Å². The van der Waals surface area contributed by atoms with E-state index >= 15 is 0 Å². The summed E-state index contributed by atoms with van der Waals surface area (Å²) in [5, 5.41) is 14.2. The van der Waals surface area contributed by atoms with Crippen LogP contribution in [-0.4, -0.2) is 23.5 Å². The van der Waals surface area contributed by atoms with Crippen molar-refractivity contribution in [2.45, 2.75) is 39.2 Å². The van der Waals surface area contributed by atoms with E-state index in [1.165, 1.54) is 7.11 Å². The number of nitro groups is 1. The number of para-hydroxylation sites is 1. The third kappa shape index (κ3) is 3.26. The van der Waals surface area contributed by atoms with Crippen molar-refractivity contribution in [3.8, 4) is 0 Å². The largest absolute Gasteiger partial charge is 0.467 e. The van der Waals surface area contributed by atoms with Crippen LogP contribution in [0.2, 0.25) is 0 Å². The molecule has 0 aromatic heterocycles. The maximum atomic E-state index is 11.9. The van der Waals surface area contributed by atoms with Crippen LogP contribution in [0.15, 0.2) is 18.2 Å². The van der Waals surface area contributed by atoms with Gasteiger partial charge < -0.3 is 10.1 Å². The second kappa shape index (κ2) is 6.36. The highest BCUT2D eigenvalue weighted by atomic mass is 16.6. The van der Waals surface area contributed by atoms with E-state index < -0.39 is 16.4 Å². The fraction of sp³-hybridized carbons (Fsp3) is 0.500. The number of carbonyl (C=O) groups is 1. The Hall–Kier alpha value is -2.11. The maximum Gasteiger partial charge on any atom is 0.331 e. The highest BCUT2D eigenvalue weighted by molar-refractivity contribution is 5.85. The molecule has 0 saturated heterocycles. The second-order valence-corrected chi connectivity index (χ2v) is 4.93. The summed E-state index contributed by atoms with van der Waals surface area (Å²) in [6.07, 6.45) is 1.27. The van der Waals surface area contributed by atoms with E-state index in [2.05, 4.69) is 5.32 Å². The first kappa shape index (κ1) is 15.9. The molecule has 0 fully saturated rings. The summed E-state index contributed by atoms with van der Waals surface area (Å²) in [5.41, 5.74) is -0.124. The lowest BCUT2D eigenvalue weighted by Gasteiger charge is -2.28. The number of anilines is 1. The summed E-state index contributed by atoms with van der Waals surface area (Å²) in [5.74, 6) is -0.435. The van der Waals surface area contributed by atoms with Gasteiger partial charge in [-0.2, -0.15) is 0 Å². The van der Waals surface area contributed by atoms with Gasteiger partial charge in [0.1, 0.15) is 11.2 Å². The number of benzene rings is 1. The van der Waals surface area contributed by atoms with E-state index in [9.17, 15) is 14.9 Å². The number of nitrogens with one attached hydrogen (secondary N) is 1. The Morgan fingerprint density at radius 1 is 1.50 bits per heavy atom. The summed E-state index contributed by atoms with van der Waals surface area (Å²) >= 11 is 0. The summed E-state index contributed by atoms with van der Waals surface area (Å²) in [4.78, 5) is 22.7. The summed E-state index contributed by atoms with van der Waals surface area (Å²) in [6.45, 7) is 5.29. The predicted molar refractivity (Wildman–Crippen MR) is 76.8 cm³/mol. The normalized spacial score (nSPS) is 13.4. The summed E-state index contributed by atoms with van der Waals surface area (Å²) in [6, 6.07) is 4.98. The first-order valence-electron chi connectivity index (χ1n) is 6.46. The minimum atomic E-state index is -0.984. The van der Waals surface area contributed by atoms with Crippen molar-refractivity contribution < 1.29 is 14.5 Å². The Morgan fingerprint density at radius 2 is 2.15 bits per heavy atom. The quantitative estimate of drug-likeness (QED) is 0.492. The number of nitrogens with zero attached hydrogens (tertiary/aromatic N) is 1. The molecular formula is C14H20N2O4. The molecule has 1 aromatic carbocycles. The van der Waals surface area contributed by atoms with Gasteiger partial charge in [-0.15, -0.1) is 0 Å². The zero-order valence-corrected chi connectivity index (χ0v) is 12.2. The average molecular weight is 280 g/mol. The standard InChI is InChI=1S/C14H20N2O4/c1-5-9-14(3,13(17)20-4)15-11-8-6-7-10(2)12(11)16(18)19/h6-8,15H,5,9H2,1-4H3. The molecule has 1 N–H and O–H groups in total. The van der Waals surface area contributed by atoms with Gasteiger partial charge in [-0.3, -0.25) is 10.1 Å². The molecule has 20 heavy (non-hydrogen) atoms. The molecule has 1 aromatic rings. The molecule has 0 radical (unpaired) electrons. The lowest BCUT2D eigenvalue weighted by molar-refractivity contribution is -0.384. The molecule has 0 saturated carbocycles. The number of ether oxygens (including phenoxy) is 1. The van der Waals surface area contributed by atoms with Gasteiger partial charge in [0.05, 0.1) is 12.0 Å². The highest BCUT2D eigenvalue weighted by Gasteiger charge is 2.35. The Bertz CT molecular complexity index is 516. The van der Waals surface area contributed by atoms with Crippen molar-refractivity contribution >= 4 is 17.3 Å². The van der Waals surface area contributed by atoms with E-state index in [0.717, 1.165) is 6.42 Å². The van der Waals surface area contributed by atoms with Crippen LogP contribution in [0.5, 0.6) is 0 Å². The predicted octanol–water partition coefficient (Wildman–Crippen LogP) is 3.05. The third-order valence-corrected chi connectivity index (χ3v) is 3.22. The summed E-state index contributed by atoms with van der Waals surface area (Å²) in [7, 11) is 1.31. The number of esters is 1. The first-order chi connectivity index (χ1) is 9.35. The number of hydrogen-bond acceptors (Lipinski definition) is 5. The molecule has 0 amide bonds. The van der Waals surface area contributed by atoms with E-state index in [-0.39, 0.29) is 5.69 Å². The number of rotatable bonds is 6. The third-order valence-electron chi connectivity index (χ3n) is 3.22. The minimum absolute atomic E-state index is 0.0151. The minimum Gasteiger partial charge on any atom is -0.467 e. The Morgan fingerprint density at radius 3 is 2.65 bits per heavy atom. The Labute approximate surface area is 118 Å². The number of nitro benzene ring substituents is 1. The molecule has 0 aliphatic heterocycles. The lowest BCUT2D eigenvalue weighted by Crippen LogP contribution is -2.44. The molecule has 0 heterocycles. The van der Waals surface area contributed by atoms with Gasteiger partial charge in [-0.05, 0) is 26.3 Å². The van der Waals surface area contributed by atoms with Gasteiger partial charge in [0.2, 0.25) is 0 Å². The van der Waals surface area contributed by atoms with Crippen LogP contribution in [0, 0.1) is 17.0 Å². The van der Waals surface area contributed by atoms with Crippen molar-refractivity contribution in [1.29, 1.82) is 0 Å². The molecule has 0 spiro atoms. The second-order valence-electron chi connectivity index (χ2n) is 4.93. The van der Waals surface area contributed by atoms with E-state index in [1.807, 2.05) is 6.92 Å². The zero-order chi connectivity index (χ0) is 15.3. The summed E-state index contributed by atoms with van der Waals surface area (Å²) < 4.78 is 4.80. The molecule has 6 nitrogen and oxygen atoms in total. The molecule has 1 rings (SSSR count). The molecule has 0 aliphatic carbocycles. The van der Waals surface area contributed by atoms with Crippen LogP contribution in [0.25, 0.3) is 0 Å². The topological polar surface area (TPSA) is 81.5 Å². The Balaban J connectivity index is 3.22. The molecular weight excluding hydrogens is 260 g/mol. The van der Waals surface area contributed by atoms with Gasteiger partial charge >= 0.3 is 5.97 Å². The molecule has 0 aliphatic rings. The maximum absolute atomic E-state index is 11.9. The molecule has 110 valence electrons. The SMILES string of the molecule is CCCC(C)(Nc1cccc(C)c1[N+](=O)[O-])C(=O)OC. The van der Waals surface area contributed by atoms with Crippen molar-refractivity contribution in [1.82, 2.24) is 0 Å². The number of carbonyl (C=O) groups excluding carboxylic acids is 1. The van der Waals surface area contributed by atoms with Crippen molar-refractivity contribution in [3.05, 3.63) is 33.9 Å². The van der Waals surface area contributed by atoms with E-state index in [1.54, 1.807) is 32.0 Å². The van der Waals surface area contributed by atoms with Gasteiger partial charge in [-0.25, -0.2) is 4.79 Å². The molecule has 1 atom stereocenters. The number of methoxy groups -OCH3 is 1. The van der Waals surface area contributed by atoms with E-state index in [0.29, 0.717) is 17.7 Å². The van der Waals surface area contributed by atoms with Crippen LogP contribution in [-0.2, 0) is 9.53 Å². The smallest absolute Gasteiger partial charge is 0.331 e. The van der Waals surface area contributed by atoms with Crippen LogP contribution in [0.4, 0.5) is 11.4 Å². The van der Waals surface area contributed by atoms with E-state index in [4.69, 9.17) is 4.74 Å². The average Bonchev–Trinajstić information content (AvgIpc) is 2.37. The molecule has 1 unspecified atom stereocenters. The van der Waals surface area contributed by atoms with Crippen molar-refractivity contribution in [2.24, 2.45) is 0 Å². The molecule has 0 bridgehead atoms. The molecule has 6 heteroatoms. The van der Waals surface area contributed by atoms with Crippen LogP contribution < -0.4 is 5.32 Å². The van der Waals surface area contributed by atoms with Gasteiger partial charge in [0.25, 0.3) is 5.69 Å². The van der Waals surface area contributed by atoms with Gasteiger partial charge in [-0.1, -0.05) is 25.5 Å². The van der Waals surface area contributed by atoms with Crippen molar-refractivity contribution in [2.75, 3.05) is 12.4 Å².